The van der Waals surface area contributed by atoms with E-state index in [2.05, 4.69) is 38.2 Å². The van der Waals surface area contributed by atoms with Gasteiger partial charge in [-0.1, -0.05) is 19.0 Å². The Morgan fingerprint density at radius 1 is 1.52 bits per heavy atom. The molecule has 3 unspecified atom stereocenters. The first-order valence-corrected chi connectivity index (χ1v) is 9.40. The van der Waals surface area contributed by atoms with E-state index < -0.39 is 17.7 Å². The second-order valence-electron chi connectivity index (χ2n) is 7.32. The van der Waals surface area contributed by atoms with E-state index in [0.29, 0.717) is 21.7 Å². The summed E-state index contributed by atoms with van der Waals surface area (Å²) in [5, 5.41) is 14.0. The van der Waals surface area contributed by atoms with Crippen LogP contribution in [0.5, 0.6) is 0 Å². The molecule has 0 radical (unpaired) electrons. The van der Waals surface area contributed by atoms with Gasteiger partial charge in [-0.2, -0.15) is 0 Å². The second-order valence-corrected chi connectivity index (χ2v) is 8.42. The summed E-state index contributed by atoms with van der Waals surface area (Å²) in [6.07, 6.45) is -0.166. The lowest BCUT2D eigenvalue weighted by atomic mass is 9.91. The van der Waals surface area contributed by atoms with Crippen molar-refractivity contribution in [2.45, 2.75) is 57.9 Å². The molecule has 8 nitrogen and oxygen atoms in total. The molecule has 0 saturated carbocycles. The van der Waals surface area contributed by atoms with E-state index in [1.54, 1.807) is 11.0 Å². The van der Waals surface area contributed by atoms with E-state index in [9.17, 15) is 9.90 Å². The van der Waals surface area contributed by atoms with Crippen molar-refractivity contribution in [1.82, 2.24) is 15.5 Å². The number of β-amino-alcohol motifs (C(OH)–C–C–N with tert-alkyl or cyclic N) is 1. The quantitative estimate of drug-likeness (QED) is 0.661. The number of amides is 1. The number of nitrogens with zero attached hydrogens (tertiary/aromatic N) is 3. The molecule has 1 saturated heterocycles. The van der Waals surface area contributed by atoms with Crippen molar-refractivity contribution in [1.29, 1.82) is 0 Å². The topological polar surface area (TPSA) is 100 Å². The van der Waals surface area contributed by atoms with Gasteiger partial charge < -0.3 is 14.5 Å². The fourth-order valence-electron chi connectivity index (χ4n) is 3.30. The molecule has 138 valence electrons. The molecule has 3 rings (SSSR count). The van der Waals surface area contributed by atoms with Gasteiger partial charge in [0.1, 0.15) is 15.5 Å². The zero-order valence-electron chi connectivity index (χ0n) is 14.7. The van der Waals surface area contributed by atoms with Gasteiger partial charge in [0.25, 0.3) is 0 Å². The van der Waals surface area contributed by atoms with Crippen LogP contribution < -0.4 is 5.48 Å². The van der Waals surface area contributed by atoms with Crippen molar-refractivity contribution < 1.29 is 19.3 Å². The van der Waals surface area contributed by atoms with Gasteiger partial charge in [-0.25, -0.2) is 15.3 Å². The van der Waals surface area contributed by atoms with Crippen molar-refractivity contribution in [3.8, 4) is 0 Å². The summed E-state index contributed by atoms with van der Waals surface area (Å²) in [6, 6.07) is 1.44. The number of hydroxylamine groups is 1. The lowest BCUT2D eigenvalue weighted by molar-refractivity contribution is -0.134. The zero-order chi connectivity index (χ0) is 18.4. The second kappa shape index (κ2) is 6.84. The van der Waals surface area contributed by atoms with Gasteiger partial charge >= 0.3 is 0 Å². The molecule has 1 aromatic rings. The molecule has 25 heavy (non-hydrogen) atoms. The van der Waals surface area contributed by atoms with Crippen LogP contribution in [0.2, 0.25) is 0 Å². The molecule has 0 bridgehead atoms. The molecule has 2 aliphatic rings. The number of hydrogen-bond acceptors (Lipinski definition) is 7. The highest BCUT2D eigenvalue weighted by atomic mass is 127. The minimum absolute atomic E-state index is 0.0285. The molecule has 0 aromatic carbocycles. The maximum absolute atomic E-state index is 13.3. The molecule has 9 heteroatoms. The van der Waals surface area contributed by atoms with Gasteiger partial charge in [-0.3, -0.25) is 4.79 Å². The SMILES string of the molecule is CC(C)C(C(=O)N1CC(O)CC1C1=NC(C)(C)ON1)c1cc(I)no1. The van der Waals surface area contributed by atoms with E-state index in [0.717, 1.165) is 0 Å². The Hall–Kier alpha value is -1.20. The van der Waals surface area contributed by atoms with Crippen molar-refractivity contribution in [3.05, 3.63) is 15.5 Å². The molecule has 1 fully saturated rings. The third-order valence-electron chi connectivity index (χ3n) is 4.41. The van der Waals surface area contributed by atoms with Crippen molar-refractivity contribution in [2.24, 2.45) is 10.9 Å². The first-order chi connectivity index (χ1) is 11.7. The number of aliphatic hydroxyl groups excluding tert-OH is 1. The number of aromatic nitrogens is 1. The van der Waals surface area contributed by atoms with Gasteiger partial charge in [0.05, 0.1) is 12.1 Å². The molecule has 2 N–H and O–H groups in total. The van der Waals surface area contributed by atoms with Crippen LogP contribution in [0.4, 0.5) is 0 Å². The number of aliphatic hydroxyl groups is 1. The lowest BCUT2D eigenvalue weighted by Gasteiger charge is -2.29. The number of halogens is 1. The number of amidine groups is 1. The molecule has 3 atom stereocenters. The summed E-state index contributed by atoms with van der Waals surface area (Å²) >= 11 is 2.06. The Morgan fingerprint density at radius 3 is 2.76 bits per heavy atom. The number of likely N-dealkylation sites (tertiary alicyclic amines) is 1. The summed E-state index contributed by atoms with van der Waals surface area (Å²) in [6.45, 7) is 7.86. The predicted octanol–water partition coefficient (Wildman–Crippen LogP) is 1.65. The van der Waals surface area contributed by atoms with Crippen LogP contribution in [0.25, 0.3) is 0 Å². The third-order valence-corrected chi connectivity index (χ3v) is 4.92. The minimum atomic E-state index is -0.684. The summed E-state index contributed by atoms with van der Waals surface area (Å²) in [7, 11) is 0. The molecule has 1 aromatic heterocycles. The Kier molecular flexibility index (Phi) is 5.09. The average Bonchev–Trinajstić information content (AvgIpc) is 3.18. The molecular formula is C16H23IN4O4. The molecular weight excluding hydrogens is 439 g/mol. The van der Waals surface area contributed by atoms with Gasteiger partial charge in [-0.15, -0.1) is 0 Å². The highest BCUT2D eigenvalue weighted by Gasteiger charge is 2.44. The van der Waals surface area contributed by atoms with E-state index in [4.69, 9.17) is 9.36 Å². The summed E-state index contributed by atoms with van der Waals surface area (Å²) in [5.74, 6) is 0.589. The van der Waals surface area contributed by atoms with E-state index >= 15 is 0 Å². The summed E-state index contributed by atoms with van der Waals surface area (Å²) < 4.78 is 6.06. The first kappa shape index (κ1) is 18.6. The smallest absolute Gasteiger partial charge is 0.234 e. The fourth-order valence-corrected chi connectivity index (χ4v) is 3.70. The Balaban J connectivity index is 1.88. The van der Waals surface area contributed by atoms with Gasteiger partial charge in [0.2, 0.25) is 5.91 Å². The van der Waals surface area contributed by atoms with E-state index in [1.165, 1.54) is 0 Å². The van der Waals surface area contributed by atoms with Crippen molar-refractivity contribution in [2.75, 3.05) is 6.54 Å². The summed E-state index contributed by atoms with van der Waals surface area (Å²) in [5.41, 5.74) is 2.13. The van der Waals surface area contributed by atoms with Crippen molar-refractivity contribution in [3.63, 3.8) is 0 Å². The normalized spacial score (nSPS) is 26.7. The molecule has 1 amide bonds. The van der Waals surface area contributed by atoms with E-state index in [-0.39, 0.29) is 24.4 Å². The lowest BCUT2D eigenvalue weighted by Crippen LogP contribution is -2.46. The van der Waals surface area contributed by atoms with Crippen LogP contribution in [0.3, 0.4) is 0 Å². The highest BCUT2D eigenvalue weighted by Crippen LogP contribution is 2.32. The largest absolute Gasteiger partial charge is 0.391 e. The standard InChI is InChI=1S/C16H23IN4O4/c1-8(2)13(11-6-12(17)19-24-11)15(23)21-7-9(22)5-10(21)14-18-16(3,4)25-20-14/h6,8-10,13,22H,5,7H2,1-4H3,(H,18,20). The number of rotatable bonds is 4. The van der Waals surface area contributed by atoms with Crippen LogP contribution in [0, 0.1) is 9.62 Å². The monoisotopic (exact) mass is 462 g/mol. The third kappa shape index (κ3) is 3.82. The van der Waals surface area contributed by atoms with Crippen LogP contribution in [0.15, 0.2) is 15.6 Å². The minimum Gasteiger partial charge on any atom is -0.391 e. The van der Waals surface area contributed by atoms with E-state index in [1.807, 2.05) is 27.7 Å². The molecule has 3 heterocycles. The Labute approximate surface area is 160 Å². The maximum atomic E-state index is 13.3. The van der Waals surface area contributed by atoms with Crippen LogP contribution in [-0.4, -0.2) is 51.3 Å². The maximum Gasteiger partial charge on any atom is 0.234 e. The van der Waals surface area contributed by atoms with Crippen LogP contribution in [-0.2, 0) is 9.63 Å². The van der Waals surface area contributed by atoms with Gasteiger partial charge in [-0.05, 0) is 42.4 Å². The Bertz CT molecular complexity index is 687. The van der Waals surface area contributed by atoms with Crippen LogP contribution >= 0.6 is 22.6 Å². The predicted molar refractivity (Wildman–Crippen MR) is 98.7 cm³/mol. The van der Waals surface area contributed by atoms with Gasteiger partial charge in [0.15, 0.2) is 11.5 Å². The first-order valence-electron chi connectivity index (χ1n) is 8.32. The molecule has 0 aliphatic carbocycles. The summed E-state index contributed by atoms with van der Waals surface area (Å²) in [4.78, 5) is 24.9. The number of hydrogen-bond donors (Lipinski definition) is 2. The average molecular weight is 462 g/mol. The van der Waals surface area contributed by atoms with Crippen LogP contribution in [0.1, 0.15) is 45.8 Å². The van der Waals surface area contributed by atoms with Gasteiger partial charge in [0, 0.05) is 19.0 Å². The molecule has 2 aliphatic heterocycles. The highest BCUT2D eigenvalue weighted by molar-refractivity contribution is 14.1. The van der Waals surface area contributed by atoms with Crippen molar-refractivity contribution >= 4 is 34.3 Å². The molecule has 0 spiro atoms. The number of carbonyl (C=O) groups excluding carboxylic acids is 1. The fraction of sp³-hybridized carbons (Fsp3) is 0.688. The zero-order valence-corrected chi connectivity index (χ0v) is 16.9. The number of nitrogens with one attached hydrogen (secondary N) is 1. The Morgan fingerprint density at radius 2 is 2.24 bits per heavy atom. The number of carbonyl (C=O) groups is 1. The number of aliphatic imine (C=N–C) groups is 1.